The van der Waals surface area contributed by atoms with Crippen molar-refractivity contribution in [3.63, 3.8) is 0 Å². The molecular formula is C16H19N3O7S. The van der Waals surface area contributed by atoms with Gasteiger partial charge in [-0.3, -0.25) is 14.9 Å². The minimum absolute atomic E-state index is 0.116. The quantitative estimate of drug-likeness (QED) is 0.537. The molecule has 0 atom stereocenters. The van der Waals surface area contributed by atoms with Crippen LogP contribution in [0.4, 0.5) is 5.69 Å². The Bertz CT molecular complexity index is 855. The lowest BCUT2D eigenvalue weighted by atomic mass is 10.0. The van der Waals surface area contributed by atoms with Gasteiger partial charge in [0.1, 0.15) is 0 Å². The molecule has 1 saturated heterocycles. The fourth-order valence-corrected chi connectivity index (χ4v) is 4.94. The predicted octanol–water partition coefficient (Wildman–Crippen LogP) is 0.979. The van der Waals surface area contributed by atoms with E-state index in [4.69, 9.17) is 5.11 Å². The standard InChI is InChI=1S/C16H19N3O7S/c20-15(10-7-11(16(21)22)9-13(8-10)19(23)24)17-12-3-5-18(6-4-12)27(25,26)14-1-2-14/h7-9,12,14H,1-6H2,(H,17,20)(H,21,22). The molecule has 1 saturated carbocycles. The number of carboxylic acid groups (broad SMARTS) is 1. The monoisotopic (exact) mass is 397 g/mol. The minimum Gasteiger partial charge on any atom is -0.478 e. The van der Waals surface area contributed by atoms with E-state index in [1.54, 1.807) is 0 Å². The zero-order valence-electron chi connectivity index (χ0n) is 14.3. The molecule has 3 rings (SSSR count). The first-order chi connectivity index (χ1) is 12.7. The highest BCUT2D eigenvalue weighted by Crippen LogP contribution is 2.32. The molecule has 1 aromatic rings. The van der Waals surface area contributed by atoms with Crippen LogP contribution in [0.2, 0.25) is 0 Å². The molecule has 146 valence electrons. The number of benzene rings is 1. The van der Waals surface area contributed by atoms with Gasteiger partial charge in [0.25, 0.3) is 11.6 Å². The van der Waals surface area contributed by atoms with Crippen molar-refractivity contribution in [2.24, 2.45) is 0 Å². The normalized spacial score (nSPS) is 18.8. The van der Waals surface area contributed by atoms with Gasteiger partial charge in [-0.25, -0.2) is 17.5 Å². The Morgan fingerprint density at radius 1 is 1.11 bits per heavy atom. The van der Waals surface area contributed by atoms with Gasteiger partial charge in [-0.15, -0.1) is 0 Å². The summed E-state index contributed by atoms with van der Waals surface area (Å²) in [4.78, 5) is 33.7. The van der Waals surface area contributed by atoms with Crippen LogP contribution in [-0.4, -0.2) is 59.0 Å². The second-order valence-electron chi connectivity index (χ2n) is 6.72. The van der Waals surface area contributed by atoms with Crippen LogP contribution < -0.4 is 5.32 Å². The number of non-ortho nitro benzene ring substituents is 1. The summed E-state index contributed by atoms with van der Waals surface area (Å²) in [5.41, 5.74) is -0.945. The lowest BCUT2D eigenvalue weighted by Gasteiger charge is -2.31. The van der Waals surface area contributed by atoms with Gasteiger partial charge >= 0.3 is 5.97 Å². The average molecular weight is 397 g/mol. The number of carboxylic acids is 1. The van der Waals surface area contributed by atoms with Crippen molar-refractivity contribution < 1.29 is 28.0 Å². The van der Waals surface area contributed by atoms with Gasteiger partial charge in [-0.1, -0.05) is 0 Å². The molecule has 2 aliphatic rings. The van der Waals surface area contributed by atoms with Crippen LogP contribution in [0.1, 0.15) is 46.4 Å². The molecule has 1 aliphatic carbocycles. The van der Waals surface area contributed by atoms with Crippen molar-refractivity contribution >= 4 is 27.6 Å². The van der Waals surface area contributed by atoms with E-state index in [1.165, 1.54) is 4.31 Å². The summed E-state index contributed by atoms with van der Waals surface area (Å²) < 4.78 is 25.9. The smallest absolute Gasteiger partial charge is 0.335 e. The minimum atomic E-state index is -3.24. The third kappa shape index (κ3) is 4.25. The van der Waals surface area contributed by atoms with Crippen LogP contribution in [0, 0.1) is 10.1 Å². The van der Waals surface area contributed by atoms with E-state index < -0.39 is 32.5 Å². The topological polar surface area (TPSA) is 147 Å². The summed E-state index contributed by atoms with van der Waals surface area (Å²) >= 11 is 0. The molecule has 10 nitrogen and oxygen atoms in total. The molecule has 2 N–H and O–H groups in total. The van der Waals surface area contributed by atoms with Crippen molar-refractivity contribution in [2.75, 3.05) is 13.1 Å². The number of carbonyl (C=O) groups is 2. The summed E-state index contributed by atoms with van der Waals surface area (Å²) in [5.74, 6) is -1.99. The summed E-state index contributed by atoms with van der Waals surface area (Å²) in [6.07, 6.45) is 2.24. The fourth-order valence-electron chi connectivity index (χ4n) is 3.07. The molecular weight excluding hydrogens is 378 g/mol. The molecule has 11 heteroatoms. The Morgan fingerprint density at radius 3 is 2.22 bits per heavy atom. The van der Waals surface area contributed by atoms with Gasteiger partial charge < -0.3 is 10.4 Å². The van der Waals surface area contributed by atoms with Crippen LogP contribution in [0.5, 0.6) is 0 Å². The van der Waals surface area contributed by atoms with Crippen LogP contribution >= 0.6 is 0 Å². The number of nitro benzene ring substituents is 1. The Hall–Kier alpha value is -2.53. The molecule has 1 aromatic carbocycles. The van der Waals surface area contributed by atoms with Crippen LogP contribution in [0.3, 0.4) is 0 Å². The fraction of sp³-hybridized carbons (Fsp3) is 0.500. The maximum Gasteiger partial charge on any atom is 0.335 e. The molecule has 0 aromatic heterocycles. The van der Waals surface area contributed by atoms with E-state index in [0.717, 1.165) is 18.2 Å². The number of hydrogen-bond donors (Lipinski definition) is 2. The Balaban J connectivity index is 1.66. The third-order valence-electron chi connectivity index (χ3n) is 4.73. The second-order valence-corrected chi connectivity index (χ2v) is 8.93. The van der Waals surface area contributed by atoms with E-state index in [0.29, 0.717) is 38.8 Å². The zero-order chi connectivity index (χ0) is 19.8. The number of aromatic carboxylic acids is 1. The SMILES string of the molecule is O=C(O)c1cc(C(=O)NC2CCN(S(=O)(=O)C3CC3)CC2)cc([N+](=O)[O-])c1. The van der Waals surface area contributed by atoms with E-state index in [1.807, 2.05) is 0 Å². The number of amides is 1. The number of nitrogens with one attached hydrogen (secondary N) is 1. The number of sulfonamides is 1. The highest BCUT2D eigenvalue weighted by Gasteiger charge is 2.41. The highest BCUT2D eigenvalue weighted by molar-refractivity contribution is 7.90. The van der Waals surface area contributed by atoms with Gasteiger partial charge in [0.05, 0.1) is 15.7 Å². The molecule has 0 radical (unpaired) electrons. The van der Waals surface area contributed by atoms with Crippen LogP contribution in [0.15, 0.2) is 18.2 Å². The highest BCUT2D eigenvalue weighted by atomic mass is 32.2. The van der Waals surface area contributed by atoms with Crippen molar-refractivity contribution in [3.05, 3.63) is 39.4 Å². The average Bonchev–Trinajstić information content (AvgIpc) is 3.47. The van der Waals surface area contributed by atoms with Crippen molar-refractivity contribution in [3.8, 4) is 0 Å². The van der Waals surface area contributed by atoms with Gasteiger partial charge in [-0.05, 0) is 31.7 Å². The lowest BCUT2D eigenvalue weighted by molar-refractivity contribution is -0.384. The van der Waals surface area contributed by atoms with Crippen molar-refractivity contribution in [1.29, 1.82) is 0 Å². The maximum atomic E-state index is 12.4. The number of carbonyl (C=O) groups excluding carboxylic acids is 1. The first-order valence-electron chi connectivity index (χ1n) is 8.51. The molecule has 0 spiro atoms. The number of rotatable bonds is 6. The molecule has 0 unspecified atom stereocenters. The predicted molar refractivity (Wildman–Crippen MR) is 94.1 cm³/mol. The van der Waals surface area contributed by atoms with E-state index in [2.05, 4.69) is 5.32 Å². The molecule has 0 bridgehead atoms. The molecule has 27 heavy (non-hydrogen) atoms. The summed E-state index contributed by atoms with van der Waals surface area (Å²) in [7, 11) is -3.24. The van der Waals surface area contributed by atoms with Crippen LogP contribution in [0.25, 0.3) is 0 Å². The van der Waals surface area contributed by atoms with E-state index in [-0.39, 0.29) is 22.4 Å². The number of nitro groups is 1. The Morgan fingerprint density at radius 2 is 1.70 bits per heavy atom. The molecule has 1 aliphatic heterocycles. The van der Waals surface area contributed by atoms with Gasteiger partial charge in [0, 0.05) is 36.8 Å². The number of nitrogens with zero attached hydrogens (tertiary/aromatic N) is 2. The summed E-state index contributed by atoms with van der Waals surface area (Å²) in [5, 5.41) is 22.4. The lowest BCUT2D eigenvalue weighted by Crippen LogP contribution is -2.47. The Labute approximate surface area is 155 Å². The van der Waals surface area contributed by atoms with Gasteiger partial charge in [-0.2, -0.15) is 0 Å². The van der Waals surface area contributed by atoms with Crippen molar-refractivity contribution in [1.82, 2.24) is 9.62 Å². The first kappa shape index (κ1) is 19.2. The summed E-state index contributed by atoms with van der Waals surface area (Å²) in [6.45, 7) is 0.609. The number of hydrogen-bond acceptors (Lipinski definition) is 6. The molecule has 1 amide bonds. The van der Waals surface area contributed by atoms with E-state index in [9.17, 15) is 28.1 Å². The van der Waals surface area contributed by atoms with E-state index >= 15 is 0 Å². The molecule has 1 heterocycles. The summed E-state index contributed by atoms with van der Waals surface area (Å²) in [6, 6.07) is 2.71. The second kappa shape index (κ2) is 7.24. The van der Waals surface area contributed by atoms with Gasteiger partial charge in [0.15, 0.2) is 0 Å². The third-order valence-corrected chi connectivity index (χ3v) is 7.13. The number of piperidine rings is 1. The first-order valence-corrected chi connectivity index (χ1v) is 10.0. The van der Waals surface area contributed by atoms with Crippen molar-refractivity contribution in [2.45, 2.75) is 37.0 Å². The van der Waals surface area contributed by atoms with Crippen LogP contribution in [-0.2, 0) is 10.0 Å². The largest absolute Gasteiger partial charge is 0.478 e. The van der Waals surface area contributed by atoms with Gasteiger partial charge in [0.2, 0.25) is 10.0 Å². The maximum absolute atomic E-state index is 12.4. The Kier molecular flexibility index (Phi) is 5.16. The molecule has 2 fully saturated rings. The zero-order valence-corrected chi connectivity index (χ0v) is 15.1.